The average molecular weight is 547 g/mol. The molecule has 0 bridgehead atoms. The van der Waals surface area contributed by atoms with Crippen LogP contribution in [-0.4, -0.2) is 79.5 Å². The van der Waals surface area contributed by atoms with Gasteiger partial charge in [0.25, 0.3) is 0 Å². The number of likely N-dealkylation sites (tertiary alicyclic amines) is 1. The highest BCUT2D eigenvalue weighted by Crippen LogP contribution is 2.36. The highest BCUT2D eigenvalue weighted by atomic mass is 35.5. The molecule has 2 aromatic carbocycles. The molecule has 2 heterocycles. The molecule has 4 rings (SSSR count). The quantitative estimate of drug-likeness (QED) is 0.542. The molecule has 0 aromatic heterocycles. The molecule has 0 aliphatic carbocycles. The number of hydrogen-bond acceptors (Lipinski definition) is 4. The van der Waals surface area contributed by atoms with Gasteiger partial charge in [0.05, 0.1) is 22.2 Å². The van der Waals surface area contributed by atoms with E-state index in [0.29, 0.717) is 35.2 Å². The van der Waals surface area contributed by atoms with E-state index in [9.17, 15) is 22.4 Å². The molecule has 11 heteroatoms. The molecule has 0 spiro atoms. The predicted molar refractivity (Wildman–Crippen MR) is 132 cm³/mol. The Labute approximate surface area is 217 Å². The fourth-order valence-electron chi connectivity index (χ4n) is 4.96. The Hall–Kier alpha value is -1.91. The Balaban J connectivity index is 1.53. The van der Waals surface area contributed by atoms with Gasteiger partial charge in [-0.15, -0.1) is 0 Å². The van der Waals surface area contributed by atoms with Gasteiger partial charge in [0.2, 0.25) is 5.91 Å². The number of piperazine rings is 1. The normalized spacial score (nSPS) is 21.4. The van der Waals surface area contributed by atoms with Gasteiger partial charge < -0.3 is 10.2 Å². The number of alkyl halides is 3. The van der Waals surface area contributed by atoms with Gasteiger partial charge in [0, 0.05) is 57.8 Å². The van der Waals surface area contributed by atoms with Crippen molar-refractivity contribution in [1.82, 2.24) is 20.0 Å². The Morgan fingerprint density at radius 1 is 1.08 bits per heavy atom. The molecular formula is C25H28Cl2F4N4O. The van der Waals surface area contributed by atoms with E-state index in [4.69, 9.17) is 23.2 Å². The van der Waals surface area contributed by atoms with Crippen molar-refractivity contribution in [3.05, 3.63) is 69.0 Å². The van der Waals surface area contributed by atoms with Crippen LogP contribution in [0.2, 0.25) is 10.0 Å². The molecule has 2 aliphatic heterocycles. The van der Waals surface area contributed by atoms with Gasteiger partial charge >= 0.3 is 6.18 Å². The van der Waals surface area contributed by atoms with Crippen molar-refractivity contribution in [3.63, 3.8) is 0 Å². The minimum atomic E-state index is -4.75. The molecule has 2 unspecified atom stereocenters. The van der Waals surface area contributed by atoms with Gasteiger partial charge in [-0.05, 0) is 42.4 Å². The summed E-state index contributed by atoms with van der Waals surface area (Å²) in [4.78, 5) is 19.1. The predicted octanol–water partition coefficient (Wildman–Crippen LogP) is 4.48. The molecule has 0 radical (unpaired) electrons. The summed E-state index contributed by atoms with van der Waals surface area (Å²) in [5, 5.41) is 4.11. The molecule has 2 fully saturated rings. The van der Waals surface area contributed by atoms with Crippen molar-refractivity contribution in [2.24, 2.45) is 0 Å². The average Bonchev–Trinajstić information content (AvgIpc) is 3.27. The fraction of sp³-hybridized carbons (Fsp3) is 0.480. The minimum absolute atomic E-state index is 0.0263. The van der Waals surface area contributed by atoms with E-state index >= 15 is 0 Å². The van der Waals surface area contributed by atoms with Crippen molar-refractivity contribution in [2.45, 2.75) is 24.7 Å². The molecule has 2 atom stereocenters. The highest BCUT2D eigenvalue weighted by Gasteiger charge is 2.39. The fourth-order valence-corrected chi connectivity index (χ4v) is 5.27. The molecule has 2 saturated heterocycles. The summed E-state index contributed by atoms with van der Waals surface area (Å²) in [5.41, 5.74) is 0.0481. The van der Waals surface area contributed by atoms with E-state index in [-0.39, 0.29) is 24.4 Å². The third kappa shape index (κ3) is 6.31. The zero-order valence-electron chi connectivity index (χ0n) is 19.8. The lowest BCUT2D eigenvalue weighted by Gasteiger charge is -2.30. The molecule has 5 nitrogen and oxygen atoms in total. The number of likely N-dealkylation sites (N-methyl/N-ethyl adjacent to an activating group) is 1. The van der Waals surface area contributed by atoms with Gasteiger partial charge in [0.15, 0.2) is 0 Å². The monoisotopic (exact) mass is 546 g/mol. The van der Waals surface area contributed by atoms with Gasteiger partial charge in [-0.2, -0.15) is 13.2 Å². The number of carbonyl (C=O) groups excluding carboxylic acids is 1. The summed E-state index contributed by atoms with van der Waals surface area (Å²) in [7, 11) is 1.83. The van der Waals surface area contributed by atoms with E-state index in [0.717, 1.165) is 43.9 Å². The number of rotatable bonds is 6. The van der Waals surface area contributed by atoms with E-state index < -0.39 is 17.6 Å². The molecule has 2 aromatic rings. The Morgan fingerprint density at radius 2 is 1.81 bits per heavy atom. The molecule has 1 amide bonds. The standard InChI is InChI=1S/C25H28Cl2F4N4O/c1-33(12-16-2-4-19(22(28)10-16)25(29,30)31)23-14-35(24(36)15-34-8-6-32-7-9-34)13-18(23)17-3-5-20(26)21(27)11-17/h2-5,10-11,18,23,32H,6-9,12-15H2,1H3. The first-order valence-corrected chi connectivity index (χ1v) is 12.5. The lowest BCUT2D eigenvalue weighted by atomic mass is 9.93. The lowest BCUT2D eigenvalue weighted by Crippen LogP contribution is -2.48. The first kappa shape index (κ1) is 27.1. The summed E-state index contributed by atoms with van der Waals surface area (Å²) in [5.74, 6) is -1.37. The molecular weight excluding hydrogens is 519 g/mol. The van der Waals surface area contributed by atoms with Crippen molar-refractivity contribution >= 4 is 29.1 Å². The number of nitrogens with one attached hydrogen (secondary N) is 1. The SMILES string of the molecule is CN(Cc1ccc(C(F)(F)F)c(F)c1)C1CN(C(=O)CN2CCNCC2)CC1c1ccc(Cl)c(Cl)c1. The van der Waals surface area contributed by atoms with Crippen molar-refractivity contribution in [1.29, 1.82) is 0 Å². The number of hydrogen-bond donors (Lipinski definition) is 1. The second-order valence-electron chi connectivity index (χ2n) is 9.40. The van der Waals surface area contributed by atoms with Gasteiger partial charge in [0.1, 0.15) is 5.82 Å². The van der Waals surface area contributed by atoms with Crippen LogP contribution in [0.4, 0.5) is 17.6 Å². The number of halogens is 6. The molecule has 196 valence electrons. The molecule has 0 saturated carbocycles. The van der Waals surface area contributed by atoms with E-state index in [1.165, 1.54) is 6.07 Å². The van der Waals surface area contributed by atoms with Crippen LogP contribution in [0, 0.1) is 5.82 Å². The summed E-state index contributed by atoms with van der Waals surface area (Å²) in [6.07, 6.45) is -4.75. The van der Waals surface area contributed by atoms with Crippen molar-refractivity contribution in [2.75, 3.05) is 52.9 Å². The second-order valence-corrected chi connectivity index (χ2v) is 10.2. The maximum absolute atomic E-state index is 14.2. The van der Waals surface area contributed by atoms with Gasteiger partial charge in [-0.25, -0.2) is 4.39 Å². The highest BCUT2D eigenvalue weighted by molar-refractivity contribution is 6.42. The van der Waals surface area contributed by atoms with Crippen LogP contribution in [0.5, 0.6) is 0 Å². The van der Waals surface area contributed by atoms with Crippen LogP contribution in [0.1, 0.15) is 22.6 Å². The van der Waals surface area contributed by atoms with Crippen molar-refractivity contribution < 1.29 is 22.4 Å². The zero-order valence-corrected chi connectivity index (χ0v) is 21.3. The maximum atomic E-state index is 14.2. The van der Waals surface area contributed by atoms with Crippen LogP contribution < -0.4 is 5.32 Å². The Bertz CT molecular complexity index is 1090. The lowest BCUT2D eigenvalue weighted by molar-refractivity contribution is -0.140. The van der Waals surface area contributed by atoms with Crippen LogP contribution >= 0.6 is 23.2 Å². The van der Waals surface area contributed by atoms with Crippen LogP contribution in [0.15, 0.2) is 36.4 Å². The van der Waals surface area contributed by atoms with Crippen LogP contribution in [-0.2, 0) is 17.5 Å². The van der Waals surface area contributed by atoms with Gasteiger partial charge in [-0.1, -0.05) is 35.3 Å². The Morgan fingerprint density at radius 3 is 2.44 bits per heavy atom. The summed E-state index contributed by atoms with van der Waals surface area (Å²) < 4.78 is 53.0. The van der Waals surface area contributed by atoms with Crippen molar-refractivity contribution in [3.8, 4) is 0 Å². The molecule has 2 aliphatic rings. The minimum Gasteiger partial charge on any atom is -0.339 e. The first-order chi connectivity index (χ1) is 17.0. The number of benzene rings is 2. The van der Waals surface area contributed by atoms with Gasteiger partial charge in [-0.3, -0.25) is 14.6 Å². The van der Waals surface area contributed by atoms with E-state index in [1.54, 1.807) is 12.1 Å². The summed E-state index contributed by atoms with van der Waals surface area (Å²) in [6.45, 7) is 4.75. The number of carbonyl (C=O) groups is 1. The molecule has 1 N–H and O–H groups in total. The second kappa shape index (κ2) is 11.2. The third-order valence-electron chi connectivity index (χ3n) is 6.92. The number of nitrogens with zero attached hydrogens (tertiary/aromatic N) is 3. The number of amides is 1. The van der Waals surface area contributed by atoms with Crippen LogP contribution in [0.3, 0.4) is 0 Å². The summed E-state index contributed by atoms with van der Waals surface area (Å²) in [6, 6.07) is 8.22. The first-order valence-electron chi connectivity index (χ1n) is 11.7. The molecule has 36 heavy (non-hydrogen) atoms. The largest absolute Gasteiger partial charge is 0.419 e. The van der Waals surface area contributed by atoms with E-state index in [2.05, 4.69) is 10.2 Å². The zero-order chi connectivity index (χ0) is 26.0. The van der Waals surface area contributed by atoms with Crippen LogP contribution in [0.25, 0.3) is 0 Å². The maximum Gasteiger partial charge on any atom is 0.419 e. The smallest absolute Gasteiger partial charge is 0.339 e. The summed E-state index contributed by atoms with van der Waals surface area (Å²) >= 11 is 12.4. The third-order valence-corrected chi connectivity index (χ3v) is 7.66. The topological polar surface area (TPSA) is 38.8 Å². The Kier molecular flexibility index (Phi) is 8.46. The van der Waals surface area contributed by atoms with E-state index in [1.807, 2.05) is 22.9 Å².